The second kappa shape index (κ2) is 12.5. The molecule has 2 saturated heterocycles. The molecule has 3 N–H and O–H groups in total. The zero-order valence-electron chi connectivity index (χ0n) is 25.5. The molecule has 0 atom stereocenters. The first-order valence-electron chi connectivity index (χ1n) is 15.2. The molecule has 6 rings (SSSR count). The maximum atomic E-state index is 13.5. The van der Waals surface area contributed by atoms with Crippen molar-refractivity contribution < 1.29 is 13.2 Å². The van der Waals surface area contributed by atoms with Crippen molar-refractivity contribution in [2.75, 3.05) is 56.9 Å². The Labute approximate surface area is 258 Å². The number of carbonyl (C=O) groups is 1. The Hall–Kier alpha value is -4.00. The smallest absolute Gasteiger partial charge is 0.254 e. The molecule has 5 heterocycles. The molecule has 232 valence electrons. The topological polar surface area (TPSA) is 127 Å². The van der Waals surface area contributed by atoms with Gasteiger partial charge in [-0.15, -0.1) is 0 Å². The van der Waals surface area contributed by atoms with Crippen LogP contribution in [0.5, 0.6) is 0 Å². The van der Waals surface area contributed by atoms with Gasteiger partial charge in [0.1, 0.15) is 17.3 Å². The van der Waals surface area contributed by atoms with E-state index in [-0.39, 0.29) is 10.8 Å². The zero-order chi connectivity index (χ0) is 30.8. The van der Waals surface area contributed by atoms with Gasteiger partial charge in [-0.2, -0.15) is 0 Å². The van der Waals surface area contributed by atoms with Gasteiger partial charge < -0.3 is 25.4 Å². The lowest BCUT2D eigenvalue weighted by atomic mass is 10.0. The zero-order valence-corrected chi connectivity index (χ0v) is 26.3. The fourth-order valence-corrected chi connectivity index (χ4v) is 7.19. The minimum absolute atomic E-state index is 0.00498. The summed E-state index contributed by atoms with van der Waals surface area (Å²) in [6.07, 6.45) is 5.39. The number of nitrogens with zero attached hydrogens (tertiary/aromatic N) is 5. The van der Waals surface area contributed by atoms with Gasteiger partial charge in [0.15, 0.2) is 9.84 Å². The second-order valence-electron chi connectivity index (χ2n) is 11.9. The van der Waals surface area contributed by atoms with Gasteiger partial charge in [-0.1, -0.05) is 12.1 Å². The molecule has 0 bridgehead atoms. The molecule has 4 aromatic rings. The Balaban J connectivity index is 1.18. The predicted octanol–water partition coefficient (Wildman–Crippen LogP) is 4.48. The number of hydrogen-bond acceptors (Lipinski definition) is 9. The lowest BCUT2D eigenvalue weighted by Gasteiger charge is -2.42. The van der Waals surface area contributed by atoms with Gasteiger partial charge in [-0.25, -0.2) is 18.4 Å². The van der Waals surface area contributed by atoms with Gasteiger partial charge in [0.05, 0.1) is 21.5 Å². The summed E-state index contributed by atoms with van der Waals surface area (Å²) < 4.78 is 26.1. The number of pyridine rings is 2. The van der Waals surface area contributed by atoms with Crippen LogP contribution >= 0.6 is 0 Å². The van der Waals surface area contributed by atoms with Gasteiger partial charge in [0, 0.05) is 74.7 Å². The van der Waals surface area contributed by atoms with Crippen LogP contribution < -0.4 is 10.6 Å². The maximum Gasteiger partial charge on any atom is 0.254 e. The predicted molar refractivity (Wildman–Crippen MR) is 174 cm³/mol. The standard InChI is InChI=1S/C32H40N8O3S/c1-22(2)44(42,43)28-7-5-4-6-26(28)35-27-21-30(37-31-25(27)9-13-34-31)36-29-20-23(8-12-33-29)32(41)40-14-10-24(11-15-40)39-18-16-38(3)17-19-39/h4-9,12-13,20-22,24H,10-11,14-19H2,1-3H3,(H3,33,34,35,36,37). The van der Waals surface area contributed by atoms with Crippen LogP contribution in [0.1, 0.15) is 37.0 Å². The van der Waals surface area contributed by atoms with Crippen molar-refractivity contribution in [2.24, 2.45) is 0 Å². The minimum Gasteiger partial charge on any atom is -0.354 e. The van der Waals surface area contributed by atoms with Crippen LogP contribution in [-0.2, 0) is 9.84 Å². The van der Waals surface area contributed by atoms with Crippen molar-refractivity contribution in [1.29, 1.82) is 0 Å². The van der Waals surface area contributed by atoms with E-state index in [4.69, 9.17) is 0 Å². The number of H-pyrrole nitrogens is 1. The van der Waals surface area contributed by atoms with Crippen molar-refractivity contribution in [2.45, 2.75) is 42.9 Å². The quantitative estimate of drug-likeness (QED) is 0.263. The molecule has 0 saturated carbocycles. The van der Waals surface area contributed by atoms with Crippen LogP contribution in [0.3, 0.4) is 0 Å². The molecule has 44 heavy (non-hydrogen) atoms. The van der Waals surface area contributed by atoms with Crippen molar-refractivity contribution in [3.63, 3.8) is 0 Å². The number of likely N-dealkylation sites (N-methyl/N-ethyl adjacent to an activating group) is 1. The fourth-order valence-electron chi connectivity index (χ4n) is 5.99. The molecule has 2 aliphatic heterocycles. The van der Waals surface area contributed by atoms with Gasteiger partial charge in [0.25, 0.3) is 5.91 Å². The van der Waals surface area contributed by atoms with E-state index >= 15 is 0 Å². The summed E-state index contributed by atoms with van der Waals surface area (Å²) in [6, 6.07) is 14.6. The normalized spacial score (nSPS) is 17.3. The van der Waals surface area contributed by atoms with Crippen molar-refractivity contribution in [3.8, 4) is 0 Å². The Kier molecular flexibility index (Phi) is 8.57. The van der Waals surface area contributed by atoms with E-state index in [0.717, 1.165) is 57.5 Å². The van der Waals surface area contributed by atoms with Crippen LogP contribution in [0, 0.1) is 0 Å². The van der Waals surface area contributed by atoms with Crippen LogP contribution in [0.15, 0.2) is 65.8 Å². The summed E-state index contributed by atoms with van der Waals surface area (Å²) in [7, 11) is -1.34. The number of piperazine rings is 1. The number of fused-ring (bicyclic) bond motifs is 1. The first-order valence-corrected chi connectivity index (χ1v) is 16.8. The number of anilines is 4. The van der Waals surface area contributed by atoms with E-state index < -0.39 is 15.1 Å². The lowest BCUT2D eigenvalue weighted by Crippen LogP contribution is -2.52. The first-order chi connectivity index (χ1) is 21.2. The van der Waals surface area contributed by atoms with E-state index in [1.807, 2.05) is 17.0 Å². The number of hydrogen-bond donors (Lipinski definition) is 3. The lowest BCUT2D eigenvalue weighted by molar-refractivity contribution is 0.0518. The first kappa shape index (κ1) is 30.0. The molecule has 0 spiro atoms. The third-order valence-corrected chi connectivity index (χ3v) is 10.9. The van der Waals surface area contributed by atoms with Gasteiger partial charge in [0.2, 0.25) is 0 Å². The molecule has 1 aromatic carbocycles. The third kappa shape index (κ3) is 6.28. The highest BCUT2D eigenvalue weighted by atomic mass is 32.2. The molecule has 12 heteroatoms. The van der Waals surface area contributed by atoms with Gasteiger partial charge in [-0.3, -0.25) is 9.69 Å². The summed E-state index contributed by atoms with van der Waals surface area (Å²) in [5.74, 6) is 0.998. The maximum absolute atomic E-state index is 13.5. The third-order valence-electron chi connectivity index (χ3n) is 8.68. The highest BCUT2D eigenvalue weighted by Gasteiger charge is 2.29. The number of benzene rings is 1. The minimum atomic E-state index is -3.51. The number of aromatic nitrogens is 3. The molecular formula is C32H40N8O3S. The summed E-state index contributed by atoms with van der Waals surface area (Å²) in [4.78, 5) is 32.9. The highest BCUT2D eigenvalue weighted by Crippen LogP contribution is 2.33. The number of aromatic amines is 1. The average Bonchev–Trinajstić information content (AvgIpc) is 3.51. The monoisotopic (exact) mass is 616 g/mol. The number of amides is 1. The van der Waals surface area contributed by atoms with E-state index in [1.54, 1.807) is 62.6 Å². The molecule has 2 fully saturated rings. The number of nitrogens with one attached hydrogen (secondary N) is 3. The number of carbonyl (C=O) groups excluding carboxylic acids is 1. The molecular weight excluding hydrogens is 576 g/mol. The van der Waals surface area contributed by atoms with E-state index in [2.05, 4.69) is 42.4 Å². The number of para-hydroxylation sites is 1. The summed E-state index contributed by atoms with van der Waals surface area (Å²) in [6.45, 7) is 9.23. The van der Waals surface area contributed by atoms with Crippen molar-refractivity contribution in [1.82, 2.24) is 29.7 Å². The largest absolute Gasteiger partial charge is 0.354 e. The second-order valence-corrected chi connectivity index (χ2v) is 14.4. The molecule has 0 radical (unpaired) electrons. The number of likely N-dealkylation sites (tertiary alicyclic amines) is 1. The van der Waals surface area contributed by atoms with Crippen LogP contribution in [-0.4, -0.2) is 102 Å². The van der Waals surface area contributed by atoms with Crippen molar-refractivity contribution >= 4 is 49.8 Å². The van der Waals surface area contributed by atoms with Gasteiger partial charge in [-0.05, 0) is 64.1 Å². The Morgan fingerprint density at radius 2 is 1.68 bits per heavy atom. The van der Waals surface area contributed by atoms with E-state index in [1.165, 1.54) is 0 Å². The average molecular weight is 617 g/mol. The van der Waals surface area contributed by atoms with Crippen molar-refractivity contribution in [3.05, 3.63) is 66.5 Å². The Morgan fingerprint density at radius 3 is 2.43 bits per heavy atom. The van der Waals surface area contributed by atoms with E-state index in [9.17, 15) is 13.2 Å². The van der Waals surface area contributed by atoms with Gasteiger partial charge >= 0.3 is 0 Å². The summed E-state index contributed by atoms with van der Waals surface area (Å²) >= 11 is 0. The highest BCUT2D eigenvalue weighted by molar-refractivity contribution is 7.92. The van der Waals surface area contributed by atoms with E-state index in [0.29, 0.717) is 40.3 Å². The molecule has 11 nitrogen and oxygen atoms in total. The molecule has 0 unspecified atom stereocenters. The Bertz CT molecular complexity index is 1740. The molecule has 2 aliphatic rings. The summed E-state index contributed by atoms with van der Waals surface area (Å²) in [5, 5.41) is 6.82. The summed E-state index contributed by atoms with van der Waals surface area (Å²) in [5.41, 5.74) is 2.37. The number of rotatable bonds is 8. The molecule has 0 aliphatic carbocycles. The fraction of sp³-hybridized carbons (Fsp3) is 0.406. The SMILES string of the molecule is CC(C)S(=O)(=O)c1ccccc1Nc1cc(Nc2cc(C(=O)N3CCC(N4CCN(C)CC4)CC3)ccn2)nc2[nH]ccc12. The Morgan fingerprint density at radius 1 is 0.932 bits per heavy atom. The van der Waals surface area contributed by atoms with Crippen LogP contribution in [0.2, 0.25) is 0 Å². The van der Waals surface area contributed by atoms with Crippen LogP contribution in [0.25, 0.3) is 11.0 Å². The number of piperidine rings is 1. The molecule has 3 aromatic heterocycles. The van der Waals surface area contributed by atoms with Crippen LogP contribution in [0.4, 0.5) is 23.0 Å². The molecule has 1 amide bonds. The number of sulfone groups is 1.